The van der Waals surface area contributed by atoms with Gasteiger partial charge in [0.1, 0.15) is 0 Å². The SMILES string of the molecule is CCOc1cc(C2CCC(NC)CC2)ccc1OC. The molecule has 0 bridgehead atoms. The van der Waals surface area contributed by atoms with Gasteiger partial charge in [-0.3, -0.25) is 0 Å². The fourth-order valence-electron chi connectivity index (χ4n) is 2.93. The quantitative estimate of drug-likeness (QED) is 0.884. The average Bonchev–Trinajstić information content (AvgIpc) is 2.47. The summed E-state index contributed by atoms with van der Waals surface area (Å²) >= 11 is 0. The van der Waals surface area contributed by atoms with Crippen LogP contribution in [0.5, 0.6) is 11.5 Å². The molecular formula is C16H25NO2. The molecule has 0 spiro atoms. The maximum Gasteiger partial charge on any atom is 0.161 e. The molecule has 3 nitrogen and oxygen atoms in total. The molecule has 0 radical (unpaired) electrons. The van der Waals surface area contributed by atoms with E-state index in [0.29, 0.717) is 18.6 Å². The Labute approximate surface area is 116 Å². The van der Waals surface area contributed by atoms with E-state index in [0.717, 1.165) is 11.5 Å². The average molecular weight is 263 g/mol. The van der Waals surface area contributed by atoms with Gasteiger partial charge in [-0.25, -0.2) is 0 Å². The van der Waals surface area contributed by atoms with Crippen molar-refractivity contribution in [3.8, 4) is 11.5 Å². The van der Waals surface area contributed by atoms with Gasteiger partial charge in [-0.15, -0.1) is 0 Å². The predicted molar refractivity (Wildman–Crippen MR) is 78.2 cm³/mol. The second-order valence-corrected chi connectivity index (χ2v) is 5.18. The van der Waals surface area contributed by atoms with Crippen LogP contribution in [0.1, 0.15) is 44.1 Å². The molecule has 0 aliphatic heterocycles. The normalized spacial score (nSPS) is 23.1. The predicted octanol–water partition coefficient (Wildman–Crippen LogP) is 3.34. The molecule has 1 aliphatic carbocycles. The van der Waals surface area contributed by atoms with E-state index in [1.54, 1.807) is 7.11 Å². The van der Waals surface area contributed by atoms with E-state index in [4.69, 9.17) is 9.47 Å². The van der Waals surface area contributed by atoms with Gasteiger partial charge in [-0.05, 0) is 63.3 Å². The van der Waals surface area contributed by atoms with Crippen LogP contribution in [0.4, 0.5) is 0 Å². The van der Waals surface area contributed by atoms with Gasteiger partial charge in [-0.2, -0.15) is 0 Å². The summed E-state index contributed by atoms with van der Waals surface area (Å²) in [7, 11) is 3.75. The smallest absolute Gasteiger partial charge is 0.161 e. The number of nitrogens with one attached hydrogen (secondary N) is 1. The molecule has 1 N–H and O–H groups in total. The number of benzene rings is 1. The number of rotatable bonds is 5. The maximum absolute atomic E-state index is 5.66. The zero-order chi connectivity index (χ0) is 13.7. The Morgan fingerprint density at radius 2 is 1.89 bits per heavy atom. The largest absolute Gasteiger partial charge is 0.493 e. The van der Waals surface area contributed by atoms with E-state index in [1.165, 1.54) is 31.2 Å². The molecule has 106 valence electrons. The first-order valence-electron chi connectivity index (χ1n) is 7.26. The Kier molecular flexibility index (Phi) is 5.08. The molecule has 0 unspecified atom stereocenters. The topological polar surface area (TPSA) is 30.5 Å². The zero-order valence-electron chi connectivity index (χ0n) is 12.2. The van der Waals surface area contributed by atoms with Crippen LogP contribution in [0.15, 0.2) is 18.2 Å². The molecule has 0 heterocycles. The van der Waals surface area contributed by atoms with Crippen molar-refractivity contribution in [2.45, 2.75) is 44.6 Å². The van der Waals surface area contributed by atoms with Crippen LogP contribution in [-0.2, 0) is 0 Å². The van der Waals surface area contributed by atoms with Crippen molar-refractivity contribution in [1.29, 1.82) is 0 Å². The van der Waals surface area contributed by atoms with Crippen LogP contribution >= 0.6 is 0 Å². The third-order valence-corrected chi connectivity index (χ3v) is 4.09. The van der Waals surface area contributed by atoms with Gasteiger partial charge in [0.25, 0.3) is 0 Å². The van der Waals surface area contributed by atoms with Gasteiger partial charge < -0.3 is 14.8 Å². The summed E-state index contributed by atoms with van der Waals surface area (Å²) in [6, 6.07) is 7.07. The minimum absolute atomic E-state index is 0.662. The fourth-order valence-corrected chi connectivity index (χ4v) is 2.93. The molecule has 0 saturated heterocycles. The Morgan fingerprint density at radius 3 is 2.47 bits per heavy atom. The van der Waals surface area contributed by atoms with Crippen LogP contribution in [0.3, 0.4) is 0 Å². The lowest BCUT2D eigenvalue weighted by Crippen LogP contribution is -2.29. The highest BCUT2D eigenvalue weighted by molar-refractivity contribution is 5.44. The Balaban J connectivity index is 2.10. The molecule has 1 saturated carbocycles. The van der Waals surface area contributed by atoms with E-state index in [-0.39, 0.29) is 0 Å². The van der Waals surface area contributed by atoms with Crippen molar-refractivity contribution in [1.82, 2.24) is 5.32 Å². The van der Waals surface area contributed by atoms with Crippen molar-refractivity contribution in [3.63, 3.8) is 0 Å². The van der Waals surface area contributed by atoms with Gasteiger partial charge in [0.15, 0.2) is 11.5 Å². The van der Waals surface area contributed by atoms with Gasteiger partial charge in [-0.1, -0.05) is 6.07 Å². The lowest BCUT2D eigenvalue weighted by atomic mass is 9.82. The Bertz CT molecular complexity index is 398. The van der Waals surface area contributed by atoms with E-state index in [2.05, 4.69) is 24.5 Å². The Hall–Kier alpha value is -1.22. The first-order valence-corrected chi connectivity index (χ1v) is 7.26. The first-order chi connectivity index (χ1) is 9.28. The monoisotopic (exact) mass is 263 g/mol. The summed E-state index contributed by atoms with van der Waals surface area (Å²) in [5.41, 5.74) is 1.39. The van der Waals surface area contributed by atoms with Crippen LogP contribution in [0.25, 0.3) is 0 Å². The molecule has 2 rings (SSSR count). The highest BCUT2D eigenvalue weighted by Gasteiger charge is 2.22. The molecule has 0 atom stereocenters. The number of methoxy groups -OCH3 is 1. The van der Waals surface area contributed by atoms with E-state index in [1.807, 2.05) is 13.0 Å². The third-order valence-electron chi connectivity index (χ3n) is 4.09. The summed E-state index contributed by atoms with van der Waals surface area (Å²) in [6.07, 6.45) is 5.03. The van der Waals surface area contributed by atoms with Gasteiger partial charge >= 0.3 is 0 Å². The molecule has 1 aromatic rings. The first kappa shape index (κ1) is 14.2. The van der Waals surface area contributed by atoms with Crippen LogP contribution in [0.2, 0.25) is 0 Å². The van der Waals surface area contributed by atoms with Gasteiger partial charge in [0.2, 0.25) is 0 Å². The molecule has 1 fully saturated rings. The summed E-state index contributed by atoms with van der Waals surface area (Å²) in [5, 5.41) is 3.38. The summed E-state index contributed by atoms with van der Waals surface area (Å²) in [5.74, 6) is 2.36. The maximum atomic E-state index is 5.66. The second-order valence-electron chi connectivity index (χ2n) is 5.18. The molecule has 19 heavy (non-hydrogen) atoms. The van der Waals surface area contributed by atoms with Crippen molar-refractivity contribution in [3.05, 3.63) is 23.8 Å². The zero-order valence-corrected chi connectivity index (χ0v) is 12.2. The molecule has 1 aromatic carbocycles. The molecule has 0 aromatic heterocycles. The summed E-state index contributed by atoms with van der Waals surface area (Å²) < 4.78 is 11.0. The highest BCUT2D eigenvalue weighted by Crippen LogP contribution is 2.37. The number of hydrogen-bond donors (Lipinski definition) is 1. The van der Waals surface area contributed by atoms with Gasteiger partial charge in [0.05, 0.1) is 13.7 Å². The van der Waals surface area contributed by atoms with Crippen LogP contribution in [-0.4, -0.2) is 26.8 Å². The number of ether oxygens (including phenoxy) is 2. The number of hydrogen-bond acceptors (Lipinski definition) is 3. The van der Waals surface area contributed by atoms with Crippen molar-refractivity contribution in [2.24, 2.45) is 0 Å². The second kappa shape index (κ2) is 6.80. The lowest BCUT2D eigenvalue weighted by Gasteiger charge is -2.28. The lowest BCUT2D eigenvalue weighted by molar-refractivity contribution is 0.309. The highest BCUT2D eigenvalue weighted by atomic mass is 16.5. The standard InChI is InChI=1S/C16H25NO2/c1-4-19-16-11-13(7-10-15(16)18-3)12-5-8-14(17-2)9-6-12/h7,10-12,14,17H,4-6,8-9H2,1-3H3. The molecular weight excluding hydrogens is 238 g/mol. The van der Waals surface area contributed by atoms with Crippen molar-refractivity contribution < 1.29 is 9.47 Å². The summed E-state index contributed by atoms with van der Waals surface area (Å²) in [4.78, 5) is 0. The van der Waals surface area contributed by atoms with E-state index >= 15 is 0 Å². The van der Waals surface area contributed by atoms with Crippen LogP contribution < -0.4 is 14.8 Å². The van der Waals surface area contributed by atoms with Crippen molar-refractivity contribution in [2.75, 3.05) is 20.8 Å². The molecule has 3 heteroatoms. The fraction of sp³-hybridized carbons (Fsp3) is 0.625. The van der Waals surface area contributed by atoms with Crippen LogP contribution in [0, 0.1) is 0 Å². The van der Waals surface area contributed by atoms with Crippen molar-refractivity contribution >= 4 is 0 Å². The van der Waals surface area contributed by atoms with Gasteiger partial charge in [0, 0.05) is 6.04 Å². The van der Waals surface area contributed by atoms with E-state index < -0.39 is 0 Å². The Morgan fingerprint density at radius 1 is 1.16 bits per heavy atom. The van der Waals surface area contributed by atoms with E-state index in [9.17, 15) is 0 Å². The molecule has 0 amide bonds. The summed E-state index contributed by atoms with van der Waals surface area (Å²) in [6.45, 7) is 2.68. The minimum Gasteiger partial charge on any atom is -0.493 e. The minimum atomic E-state index is 0.662. The third kappa shape index (κ3) is 3.41. The molecule has 1 aliphatic rings.